The minimum absolute atomic E-state index is 0.105. The maximum Gasteiger partial charge on any atom is 0.253 e. The highest BCUT2D eigenvalue weighted by atomic mass is 16.5. The van der Waals surface area contributed by atoms with Crippen molar-refractivity contribution >= 4 is 11.7 Å². The SMILES string of the molecule is Cc1cc(COc2cc(-c3ccc(C(=O)N4CCC(N5CCCC5)CC4)cc3)cnc2N)no1. The van der Waals surface area contributed by atoms with E-state index < -0.39 is 0 Å². The van der Waals surface area contributed by atoms with Gasteiger partial charge in [-0.25, -0.2) is 4.98 Å². The van der Waals surface area contributed by atoms with Crippen LogP contribution in [0, 0.1) is 6.92 Å². The molecule has 0 atom stereocenters. The van der Waals surface area contributed by atoms with Crippen LogP contribution >= 0.6 is 0 Å². The largest absolute Gasteiger partial charge is 0.483 e. The molecule has 2 aromatic heterocycles. The molecule has 34 heavy (non-hydrogen) atoms. The van der Waals surface area contributed by atoms with Crippen molar-refractivity contribution in [2.24, 2.45) is 0 Å². The monoisotopic (exact) mass is 461 g/mol. The summed E-state index contributed by atoms with van der Waals surface area (Å²) in [6, 6.07) is 12.0. The molecule has 8 nitrogen and oxygen atoms in total. The van der Waals surface area contributed by atoms with Crippen LogP contribution in [0.25, 0.3) is 11.1 Å². The Kier molecular flexibility index (Phi) is 6.49. The van der Waals surface area contributed by atoms with Crippen molar-refractivity contribution in [1.82, 2.24) is 19.9 Å². The summed E-state index contributed by atoms with van der Waals surface area (Å²) in [7, 11) is 0. The standard InChI is InChI=1S/C26H31N5O3/c1-18-14-22(29-34-18)17-33-24-15-21(16-28-25(24)27)19-4-6-20(7-5-19)26(32)31-12-8-23(9-13-31)30-10-2-3-11-30/h4-7,14-16,23H,2-3,8-13,17H2,1H3,(H2,27,28). The zero-order chi connectivity index (χ0) is 23.5. The average Bonchev–Trinajstić information content (AvgIpc) is 3.55. The third kappa shape index (κ3) is 4.92. The highest BCUT2D eigenvalue weighted by molar-refractivity contribution is 5.94. The number of aromatic nitrogens is 2. The zero-order valence-electron chi connectivity index (χ0n) is 19.6. The number of benzene rings is 1. The lowest BCUT2D eigenvalue weighted by Gasteiger charge is -2.36. The fourth-order valence-electron chi connectivity index (χ4n) is 4.89. The van der Waals surface area contributed by atoms with Crippen molar-refractivity contribution in [2.45, 2.75) is 45.3 Å². The van der Waals surface area contributed by atoms with E-state index in [-0.39, 0.29) is 12.5 Å². The van der Waals surface area contributed by atoms with E-state index in [1.165, 1.54) is 25.9 Å². The summed E-state index contributed by atoms with van der Waals surface area (Å²) in [5.41, 5.74) is 9.21. The van der Waals surface area contributed by atoms with Crippen LogP contribution < -0.4 is 10.5 Å². The molecule has 0 saturated carbocycles. The number of hydrogen-bond donors (Lipinski definition) is 1. The Hall–Kier alpha value is -3.39. The van der Waals surface area contributed by atoms with Gasteiger partial charge in [-0.15, -0.1) is 0 Å². The number of pyridine rings is 1. The molecule has 0 radical (unpaired) electrons. The molecule has 2 N–H and O–H groups in total. The normalized spacial score (nSPS) is 17.3. The van der Waals surface area contributed by atoms with Crippen LogP contribution in [0.2, 0.25) is 0 Å². The number of piperidine rings is 1. The van der Waals surface area contributed by atoms with E-state index in [2.05, 4.69) is 15.0 Å². The maximum absolute atomic E-state index is 13.0. The van der Waals surface area contributed by atoms with Gasteiger partial charge in [0.15, 0.2) is 11.6 Å². The Morgan fingerprint density at radius 2 is 1.82 bits per heavy atom. The molecule has 0 bridgehead atoms. The Bertz CT molecular complexity index is 1130. The minimum Gasteiger partial charge on any atom is -0.483 e. The first-order valence-electron chi connectivity index (χ1n) is 12.0. The molecular formula is C26H31N5O3. The maximum atomic E-state index is 13.0. The minimum atomic E-state index is 0.105. The van der Waals surface area contributed by atoms with Crippen molar-refractivity contribution < 1.29 is 14.1 Å². The third-order valence-electron chi connectivity index (χ3n) is 6.81. The quantitative estimate of drug-likeness (QED) is 0.594. The molecule has 1 aromatic carbocycles. The highest BCUT2D eigenvalue weighted by Crippen LogP contribution is 2.28. The van der Waals surface area contributed by atoms with Gasteiger partial charge in [-0.1, -0.05) is 17.3 Å². The zero-order valence-corrected chi connectivity index (χ0v) is 19.6. The van der Waals surface area contributed by atoms with Gasteiger partial charge in [-0.3, -0.25) is 4.79 Å². The molecule has 8 heteroatoms. The molecule has 2 aliphatic heterocycles. The van der Waals surface area contributed by atoms with Gasteiger partial charge in [-0.2, -0.15) is 0 Å². The van der Waals surface area contributed by atoms with Crippen LogP contribution in [0.15, 0.2) is 47.1 Å². The van der Waals surface area contributed by atoms with E-state index in [4.69, 9.17) is 15.0 Å². The first kappa shape index (κ1) is 22.4. The highest BCUT2D eigenvalue weighted by Gasteiger charge is 2.28. The Balaban J connectivity index is 1.22. The molecule has 2 aliphatic rings. The van der Waals surface area contributed by atoms with Crippen LogP contribution in [-0.4, -0.2) is 58.1 Å². The number of carbonyl (C=O) groups is 1. The van der Waals surface area contributed by atoms with Crippen molar-refractivity contribution in [3.8, 4) is 16.9 Å². The van der Waals surface area contributed by atoms with E-state index in [0.29, 0.717) is 28.9 Å². The van der Waals surface area contributed by atoms with Crippen molar-refractivity contribution in [3.63, 3.8) is 0 Å². The molecular weight excluding hydrogens is 430 g/mol. The molecule has 0 unspecified atom stereocenters. The van der Waals surface area contributed by atoms with Gasteiger partial charge >= 0.3 is 0 Å². The van der Waals surface area contributed by atoms with Crippen molar-refractivity contribution in [1.29, 1.82) is 0 Å². The van der Waals surface area contributed by atoms with Gasteiger partial charge in [0.2, 0.25) is 0 Å². The summed E-state index contributed by atoms with van der Waals surface area (Å²) in [5.74, 6) is 1.63. The van der Waals surface area contributed by atoms with Gasteiger partial charge in [0.25, 0.3) is 5.91 Å². The van der Waals surface area contributed by atoms with Crippen LogP contribution in [-0.2, 0) is 6.61 Å². The number of aryl methyl sites for hydroxylation is 1. The van der Waals surface area contributed by atoms with E-state index in [9.17, 15) is 4.79 Å². The molecule has 4 heterocycles. The fourth-order valence-corrected chi connectivity index (χ4v) is 4.89. The van der Waals surface area contributed by atoms with Gasteiger partial charge in [0.05, 0.1) is 0 Å². The molecule has 2 saturated heterocycles. The van der Waals surface area contributed by atoms with Crippen LogP contribution in [0.3, 0.4) is 0 Å². The number of amides is 1. The van der Waals surface area contributed by atoms with Crippen molar-refractivity contribution in [3.05, 3.63) is 59.6 Å². The summed E-state index contributed by atoms with van der Waals surface area (Å²) in [6.07, 6.45) is 6.46. The number of likely N-dealkylation sites (tertiary alicyclic amines) is 2. The van der Waals surface area contributed by atoms with E-state index in [1.807, 2.05) is 48.2 Å². The van der Waals surface area contributed by atoms with Gasteiger partial charge < -0.3 is 24.8 Å². The summed E-state index contributed by atoms with van der Waals surface area (Å²) in [5, 5.41) is 3.93. The van der Waals surface area contributed by atoms with Gasteiger partial charge in [0, 0.05) is 42.5 Å². The lowest BCUT2D eigenvalue weighted by molar-refractivity contribution is 0.0644. The van der Waals surface area contributed by atoms with E-state index in [1.54, 1.807) is 6.20 Å². The van der Waals surface area contributed by atoms with E-state index in [0.717, 1.165) is 42.8 Å². The fraction of sp³-hybridized carbons (Fsp3) is 0.423. The first-order chi connectivity index (χ1) is 16.6. The summed E-state index contributed by atoms with van der Waals surface area (Å²) in [4.78, 5) is 21.9. The molecule has 1 amide bonds. The summed E-state index contributed by atoms with van der Waals surface area (Å²) < 4.78 is 10.9. The smallest absolute Gasteiger partial charge is 0.253 e. The topological polar surface area (TPSA) is 97.7 Å². The Morgan fingerprint density at radius 3 is 2.50 bits per heavy atom. The number of nitrogens with zero attached hydrogens (tertiary/aromatic N) is 4. The number of carbonyl (C=O) groups excluding carboxylic acids is 1. The second-order valence-electron chi connectivity index (χ2n) is 9.17. The number of anilines is 1. The third-order valence-corrected chi connectivity index (χ3v) is 6.81. The summed E-state index contributed by atoms with van der Waals surface area (Å²) >= 11 is 0. The molecule has 5 rings (SSSR count). The Labute approximate surface area is 199 Å². The lowest BCUT2D eigenvalue weighted by Crippen LogP contribution is -2.45. The first-order valence-corrected chi connectivity index (χ1v) is 12.0. The molecule has 178 valence electrons. The number of nitrogen functional groups attached to an aromatic ring is 1. The van der Waals surface area contributed by atoms with E-state index >= 15 is 0 Å². The molecule has 3 aromatic rings. The van der Waals surface area contributed by atoms with Crippen LogP contribution in [0.5, 0.6) is 5.75 Å². The van der Waals surface area contributed by atoms with Crippen molar-refractivity contribution in [2.75, 3.05) is 31.9 Å². The second-order valence-corrected chi connectivity index (χ2v) is 9.17. The molecule has 0 spiro atoms. The number of rotatable bonds is 6. The second kappa shape index (κ2) is 9.85. The van der Waals surface area contributed by atoms with Gasteiger partial charge in [0.1, 0.15) is 18.1 Å². The predicted octanol–water partition coefficient (Wildman–Crippen LogP) is 3.91. The van der Waals surface area contributed by atoms with Crippen LogP contribution in [0.4, 0.5) is 5.82 Å². The predicted molar refractivity (Wildman–Crippen MR) is 129 cm³/mol. The lowest BCUT2D eigenvalue weighted by atomic mass is 10.0. The van der Waals surface area contributed by atoms with Gasteiger partial charge in [-0.05, 0) is 69.5 Å². The molecule has 0 aliphatic carbocycles. The van der Waals surface area contributed by atoms with Crippen LogP contribution in [0.1, 0.15) is 47.5 Å². The summed E-state index contributed by atoms with van der Waals surface area (Å²) in [6.45, 7) is 6.16. The number of ether oxygens (including phenoxy) is 1. The number of hydrogen-bond acceptors (Lipinski definition) is 7. The Morgan fingerprint density at radius 1 is 1.09 bits per heavy atom. The molecule has 2 fully saturated rings. The number of nitrogens with two attached hydrogens (primary N) is 1. The average molecular weight is 462 g/mol.